The monoisotopic (exact) mass is 235 g/mol. The molecular formula is C13H17NOS. The number of allylic oxidation sites excluding steroid dienone is 1. The number of carbonyl (C=O) groups is 1. The topological polar surface area (TPSA) is 29.1 Å². The Labute approximate surface area is 101 Å². The minimum atomic E-state index is 0.0957. The first kappa shape index (κ1) is 12.8. The molecule has 0 spiro atoms. The Hall–Kier alpha value is -1.22. The fourth-order valence-electron chi connectivity index (χ4n) is 1.18. The Morgan fingerprint density at radius 3 is 2.81 bits per heavy atom. The van der Waals surface area contributed by atoms with Crippen molar-refractivity contribution in [2.75, 3.05) is 12.3 Å². The fraction of sp³-hybridized carbons (Fsp3) is 0.308. The SMILES string of the molecule is C/C=C/CCNC(=O)CSc1ccccc1. The number of hydrogen-bond donors (Lipinski definition) is 1. The van der Waals surface area contributed by atoms with Crippen LogP contribution in [-0.2, 0) is 4.79 Å². The largest absolute Gasteiger partial charge is 0.355 e. The van der Waals surface area contributed by atoms with Gasteiger partial charge in [-0.3, -0.25) is 4.79 Å². The van der Waals surface area contributed by atoms with Crippen LogP contribution in [0, 0.1) is 0 Å². The van der Waals surface area contributed by atoms with E-state index >= 15 is 0 Å². The van der Waals surface area contributed by atoms with Gasteiger partial charge in [0.2, 0.25) is 5.91 Å². The maximum atomic E-state index is 11.4. The van der Waals surface area contributed by atoms with Crippen LogP contribution in [0.5, 0.6) is 0 Å². The molecule has 0 aliphatic heterocycles. The molecule has 1 amide bonds. The lowest BCUT2D eigenvalue weighted by atomic mass is 10.4. The zero-order valence-electron chi connectivity index (χ0n) is 9.48. The summed E-state index contributed by atoms with van der Waals surface area (Å²) >= 11 is 1.56. The summed E-state index contributed by atoms with van der Waals surface area (Å²) in [6.07, 6.45) is 4.94. The van der Waals surface area contributed by atoms with Crippen LogP contribution >= 0.6 is 11.8 Å². The van der Waals surface area contributed by atoms with Crippen LogP contribution in [0.3, 0.4) is 0 Å². The van der Waals surface area contributed by atoms with Gasteiger partial charge in [0.15, 0.2) is 0 Å². The van der Waals surface area contributed by atoms with Crippen LogP contribution in [0.1, 0.15) is 13.3 Å². The maximum absolute atomic E-state index is 11.4. The van der Waals surface area contributed by atoms with Gasteiger partial charge in [0.25, 0.3) is 0 Å². The van der Waals surface area contributed by atoms with E-state index in [9.17, 15) is 4.79 Å². The van der Waals surface area contributed by atoms with E-state index < -0.39 is 0 Å². The molecule has 0 heterocycles. The lowest BCUT2D eigenvalue weighted by molar-refractivity contribution is -0.118. The van der Waals surface area contributed by atoms with Crippen LogP contribution in [-0.4, -0.2) is 18.2 Å². The second kappa shape index (κ2) is 7.99. The Morgan fingerprint density at radius 1 is 1.38 bits per heavy atom. The molecule has 0 unspecified atom stereocenters. The molecule has 1 N–H and O–H groups in total. The standard InChI is InChI=1S/C13H17NOS/c1-2-3-7-10-14-13(15)11-16-12-8-5-4-6-9-12/h2-6,8-9H,7,10-11H2,1H3,(H,14,15)/b3-2+. The number of amides is 1. The number of thioether (sulfide) groups is 1. The van der Waals surface area contributed by atoms with Gasteiger partial charge < -0.3 is 5.32 Å². The molecule has 0 bridgehead atoms. The zero-order chi connectivity index (χ0) is 11.6. The van der Waals surface area contributed by atoms with Gasteiger partial charge in [0.05, 0.1) is 5.75 Å². The van der Waals surface area contributed by atoms with Gasteiger partial charge in [-0.25, -0.2) is 0 Å². The molecule has 0 radical (unpaired) electrons. The molecule has 0 aliphatic carbocycles. The molecule has 0 saturated heterocycles. The van der Waals surface area contributed by atoms with Crippen molar-refractivity contribution in [3.63, 3.8) is 0 Å². The van der Waals surface area contributed by atoms with Gasteiger partial charge in [-0.1, -0.05) is 30.4 Å². The Morgan fingerprint density at radius 2 is 2.12 bits per heavy atom. The van der Waals surface area contributed by atoms with E-state index in [1.165, 1.54) is 0 Å². The van der Waals surface area contributed by atoms with Crippen molar-refractivity contribution in [3.8, 4) is 0 Å². The van der Waals surface area contributed by atoms with Gasteiger partial charge in [0.1, 0.15) is 0 Å². The predicted molar refractivity (Wildman–Crippen MR) is 69.6 cm³/mol. The average molecular weight is 235 g/mol. The molecule has 1 aromatic rings. The van der Waals surface area contributed by atoms with Gasteiger partial charge in [0, 0.05) is 11.4 Å². The number of nitrogens with one attached hydrogen (secondary N) is 1. The van der Waals surface area contributed by atoms with Crippen molar-refractivity contribution < 1.29 is 4.79 Å². The van der Waals surface area contributed by atoms with E-state index in [4.69, 9.17) is 0 Å². The number of benzene rings is 1. The van der Waals surface area contributed by atoms with Gasteiger partial charge in [-0.15, -0.1) is 11.8 Å². The number of carbonyl (C=O) groups excluding carboxylic acids is 1. The van der Waals surface area contributed by atoms with Crippen LogP contribution < -0.4 is 5.32 Å². The summed E-state index contributed by atoms with van der Waals surface area (Å²) in [7, 11) is 0. The zero-order valence-corrected chi connectivity index (χ0v) is 10.3. The van der Waals surface area contributed by atoms with Gasteiger partial charge in [-0.2, -0.15) is 0 Å². The molecule has 0 aliphatic rings. The highest BCUT2D eigenvalue weighted by Crippen LogP contribution is 2.15. The van der Waals surface area contributed by atoms with Crippen LogP contribution in [0.4, 0.5) is 0 Å². The van der Waals surface area contributed by atoms with Crippen molar-refractivity contribution in [2.45, 2.75) is 18.2 Å². The summed E-state index contributed by atoms with van der Waals surface area (Å²) in [4.78, 5) is 12.6. The molecule has 2 nitrogen and oxygen atoms in total. The summed E-state index contributed by atoms with van der Waals surface area (Å²) in [6, 6.07) is 9.95. The first-order valence-electron chi connectivity index (χ1n) is 5.38. The third kappa shape index (κ3) is 5.61. The van der Waals surface area contributed by atoms with Crippen molar-refractivity contribution in [1.29, 1.82) is 0 Å². The Balaban J connectivity index is 2.15. The summed E-state index contributed by atoms with van der Waals surface area (Å²) in [5, 5.41) is 2.88. The first-order chi connectivity index (χ1) is 7.83. The van der Waals surface area contributed by atoms with E-state index in [1.807, 2.05) is 49.4 Å². The quantitative estimate of drug-likeness (QED) is 0.466. The van der Waals surface area contributed by atoms with E-state index in [2.05, 4.69) is 5.32 Å². The molecule has 0 fully saturated rings. The number of rotatable bonds is 6. The van der Waals surface area contributed by atoms with E-state index in [1.54, 1.807) is 11.8 Å². The van der Waals surface area contributed by atoms with Crippen LogP contribution in [0.25, 0.3) is 0 Å². The lowest BCUT2D eigenvalue weighted by Gasteiger charge is -2.03. The van der Waals surface area contributed by atoms with Gasteiger partial charge >= 0.3 is 0 Å². The highest BCUT2D eigenvalue weighted by Gasteiger charge is 2.00. The van der Waals surface area contributed by atoms with E-state index in [0.717, 1.165) is 17.9 Å². The molecule has 0 aromatic heterocycles. The molecular weight excluding hydrogens is 218 g/mol. The Bertz CT molecular complexity index is 335. The normalized spacial score (nSPS) is 10.6. The fourth-order valence-corrected chi connectivity index (χ4v) is 1.93. The smallest absolute Gasteiger partial charge is 0.230 e. The highest BCUT2D eigenvalue weighted by atomic mass is 32.2. The minimum Gasteiger partial charge on any atom is -0.355 e. The van der Waals surface area contributed by atoms with Crippen LogP contribution in [0.15, 0.2) is 47.4 Å². The summed E-state index contributed by atoms with van der Waals surface area (Å²) in [6.45, 7) is 2.70. The molecule has 16 heavy (non-hydrogen) atoms. The first-order valence-corrected chi connectivity index (χ1v) is 6.37. The molecule has 3 heteroatoms. The van der Waals surface area contributed by atoms with Crippen LogP contribution in [0.2, 0.25) is 0 Å². The molecule has 86 valence electrons. The van der Waals surface area contributed by atoms with E-state index in [-0.39, 0.29) is 5.91 Å². The Kier molecular flexibility index (Phi) is 6.42. The average Bonchev–Trinajstić information content (AvgIpc) is 2.33. The third-order valence-electron chi connectivity index (χ3n) is 1.98. The molecule has 0 atom stereocenters. The molecule has 1 aromatic carbocycles. The van der Waals surface area contributed by atoms with Gasteiger partial charge in [-0.05, 0) is 25.5 Å². The van der Waals surface area contributed by atoms with Crippen molar-refractivity contribution in [3.05, 3.63) is 42.5 Å². The summed E-state index contributed by atoms with van der Waals surface area (Å²) in [5.74, 6) is 0.582. The molecule has 0 saturated carbocycles. The summed E-state index contributed by atoms with van der Waals surface area (Å²) in [5.41, 5.74) is 0. The van der Waals surface area contributed by atoms with Crippen molar-refractivity contribution in [1.82, 2.24) is 5.32 Å². The third-order valence-corrected chi connectivity index (χ3v) is 2.99. The minimum absolute atomic E-state index is 0.0957. The number of hydrogen-bond acceptors (Lipinski definition) is 2. The van der Waals surface area contributed by atoms with Crippen molar-refractivity contribution in [2.24, 2.45) is 0 Å². The second-order valence-electron chi connectivity index (χ2n) is 3.31. The molecule has 1 rings (SSSR count). The second-order valence-corrected chi connectivity index (χ2v) is 4.36. The van der Waals surface area contributed by atoms with Crippen molar-refractivity contribution >= 4 is 17.7 Å². The highest BCUT2D eigenvalue weighted by molar-refractivity contribution is 8.00. The maximum Gasteiger partial charge on any atom is 0.230 e. The summed E-state index contributed by atoms with van der Waals surface area (Å²) < 4.78 is 0. The van der Waals surface area contributed by atoms with E-state index in [0.29, 0.717) is 5.75 Å². The predicted octanol–water partition coefficient (Wildman–Crippen LogP) is 2.86. The lowest BCUT2D eigenvalue weighted by Crippen LogP contribution is -2.25.